The monoisotopic (exact) mass is 354 g/mol. The molecule has 2 aromatic rings. The maximum absolute atomic E-state index is 11.7. The molecule has 0 saturated heterocycles. The summed E-state index contributed by atoms with van der Waals surface area (Å²) in [7, 11) is 1.59. The highest BCUT2D eigenvalue weighted by molar-refractivity contribution is 6.42. The molecule has 0 bridgehead atoms. The Labute approximate surface area is 144 Å². The van der Waals surface area contributed by atoms with Crippen LogP contribution in [0.4, 0.5) is 10.5 Å². The van der Waals surface area contributed by atoms with Crippen molar-refractivity contribution in [3.8, 4) is 11.5 Å². The second kappa shape index (κ2) is 8.50. The Balaban J connectivity index is 1.73. The zero-order valence-electron chi connectivity index (χ0n) is 12.4. The molecule has 2 amide bonds. The van der Waals surface area contributed by atoms with Crippen LogP contribution in [0.2, 0.25) is 10.0 Å². The smallest absolute Gasteiger partial charge is 0.319 e. The van der Waals surface area contributed by atoms with Crippen LogP contribution in [0.3, 0.4) is 0 Å². The summed E-state index contributed by atoms with van der Waals surface area (Å²) >= 11 is 11.7. The summed E-state index contributed by atoms with van der Waals surface area (Å²) in [6.45, 7) is 0.687. The molecule has 0 unspecified atom stereocenters. The van der Waals surface area contributed by atoms with Gasteiger partial charge in [-0.25, -0.2) is 4.79 Å². The van der Waals surface area contributed by atoms with Crippen molar-refractivity contribution in [1.82, 2.24) is 5.32 Å². The molecule has 0 aromatic heterocycles. The van der Waals surface area contributed by atoms with E-state index < -0.39 is 0 Å². The van der Waals surface area contributed by atoms with E-state index in [0.717, 1.165) is 0 Å². The number of halogens is 2. The lowest BCUT2D eigenvalue weighted by atomic mass is 10.3. The molecule has 0 atom stereocenters. The van der Waals surface area contributed by atoms with Crippen LogP contribution in [-0.2, 0) is 0 Å². The first-order chi connectivity index (χ1) is 11.1. The van der Waals surface area contributed by atoms with Crippen molar-refractivity contribution in [3.63, 3.8) is 0 Å². The third-order valence-corrected chi connectivity index (χ3v) is 3.61. The Morgan fingerprint density at radius 3 is 2.61 bits per heavy atom. The topological polar surface area (TPSA) is 59.6 Å². The molecule has 0 aliphatic carbocycles. The van der Waals surface area contributed by atoms with Crippen LogP contribution in [0.5, 0.6) is 11.5 Å². The van der Waals surface area contributed by atoms with Crippen molar-refractivity contribution in [2.24, 2.45) is 0 Å². The van der Waals surface area contributed by atoms with Crippen LogP contribution in [-0.4, -0.2) is 26.3 Å². The van der Waals surface area contributed by atoms with Gasteiger partial charge in [-0.3, -0.25) is 0 Å². The molecule has 5 nitrogen and oxygen atoms in total. The standard InChI is InChI=1S/C16H16Cl2N2O3/c1-22-12-3-2-4-13(10-12)23-8-7-19-16(21)20-11-5-6-14(17)15(18)9-11/h2-6,9-10H,7-8H2,1H3,(H2,19,20,21). The van der Waals surface area contributed by atoms with Gasteiger partial charge in [-0.2, -0.15) is 0 Å². The van der Waals surface area contributed by atoms with E-state index in [0.29, 0.717) is 40.4 Å². The highest BCUT2D eigenvalue weighted by Gasteiger charge is 2.04. The van der Waals surface area contributed by atoms with Crippen LogP contribution in [0.25, 0.3) is 0 Å². The third-order valence-electron chi connectivity index (χ3n) is 2.88. The van der Waals surface area contributed by atoms with E-state index in [1.54, 1.807) is 31.4 Å². The van der Waals surface area contributed by atoms with Gasteiger partial charge in [-0.1, -0.05) is 29.3 Å². The maximum Gasteiger partial charge on any atom is 0.319 e. The minimum atomic E-state index is -0.349. The quantitative estimate of drug-likeness (QED) is 0.764. The number of hydrogen-bond acceptors (Lipinski definition) is 3. The minimum absolute atomic E-state index is 0.335. The van der Waals surface area contributed by atoms with Gasteiger partial charge in [-0.05, 0) is 30.3 Å². The Bertz CT molecular complexity index is 680. The molecule has 0 aliphatic heterocycles. The maximum atomic E-state index is 11.7. The molecule has 2 N–H and O–H groups in total. The van der Waals surface area contributed by atoms with Crippen molar-refractivity contribution < 1.29 is 14.3 Å². The number of benzene rings is 2. The minimum Gasteiger partial charge on any atom is -0.497 e. The van der Waals surface area contributed by atoms with Gasteiger partial charge in [0.1, 0.15) is 18.1 Å². The van der Waals surface area contributed by atoms with E-state index in [1.807, 2.05) is 18.2 Å². The normalized spacial score (nSPS) is 10.0. The second-order valence-electron chi connectivity index (χ2n) is 4.54. The number of amides is 2. The molecule has 7 heteroatoms. The SMILES string of the molecule is COc1cccc(OCCNC(=O)Nc2ccc(Cl)c(Cl)c2)c1. The van der Waals surface area contributed by atoms with Gasteiger partial charge in [0.2, 0.25) is 0 Å². The number of nitrogens with one attached hydrogen (secondary N) is 2. The van der Waals surface area contributed by atoms with Crippen LogP contribution in [0, 0.1) is 0 Å². The molecular weight excluding hydrogens is 339 g/mol. The Morgan fingerprint density at radius 1 is 1.09 bits per heavy atom. The molecule has 23 heavy (non-hydrogen) atoms. The van der Waals surface area contributed by atoms with Gasteiger partial charge < -0.3 is 20.1 Å². The van der Waals surface area contributed by atoms with Crippen molar-refractivity contribution in [2.45, 2.75) is 0 Å². The first-order valence-electron chi connectivity index (χ1n) is 6.85. The first-order valence-corrected chi connectivity index (χ1v) is 7.61. The van der Waals surface area contributed by atoms with E-state index in [1.165, 1.54) is 0 Å². The van der Waals surface area contributed by atoms with Crippen LogP contribution in [0.15, 0.2) is 42.5 Å². The Kier molecular flexibility index (Phi) is 6.38. The Morgan fingerprint density at radius 2 is 1.87 bits per heavy atom. The number of ether oxygens (including phenoxy) is 2. The second-order valence-corrected chi connectivity index (χ2v) is 5.35. The summed E-state index contributed by atoms with van der Waals surface area (Å²) in [6, 6.07) is 11.8. The summed E-state index contributed by atoms with van der Waals surface area (Å²) in [5, 5.41) is 6.15. The van der Waals surface area contributed by atoms with Crippen LogP contribution in [0.1, 0.15) is 0 Å². The molecule has 2 rings (SSSR count). The summed E-state index contributed by atoms with van der Waals surface area (Å²) in [5.74, 6) is 1.39. The van der Waals surface area contributed by atoms with Crippen LogP contribution >= 0.6 is 23.2 Å². The molecule has 122 valence electrons. The van der Waals surface area contributed by atoms with Crippen LogP contribution < -0.4 is 20.1 Å². The van der Waals surface area contributed by atoms with E-state index in [9.17, 15) is 4.79 Å². The van der Waals surface area contributed by atoms with Crippen molar-refractivity contribution >= 4 is 34.9 Å². The predicted molar refractivity (Wildman–Crippen MR) is 92.0 cm³/mol. The highest BCUT2D eigenvalue weighted by Crippen LogP contribution is 2.24. The Hall–Kier alpha value is -2.11. The lowest BCUT2D eigenvalue weighted by Crippen LogP contribution is -2.32. The molecule has 0 spiro atoms. The molecule has 0 saturated carbocycles. The molecule has 2 aromatic carbocycles. The zero-order chi connectivity index (χ0) is 16.7. The van der Waals surface area contributed by atoms with Crippen molar-refractivity contribution in [1.29, 1.82) is 0 Å². The van der Waals surface area contributed by atoms with E-state index in [2.05, 4.69) is 10.6 Å². The summed E-state index contributed by atoms with van der Waals surface area (Å²) in [6.07, 6.45) is 0. The van der Waals surface area contributed by atoms with E-state index in [-0.39, 0.29) is 6.03 Å². The highest BCUT2D eigenvalue weighted by atomic mass is 35.5. The average molecular weight is 355 g/mol. The van der Waals surface area contributed by atoms with Gasteiger partial charge >= 0.3 is 6.03 Å². The van der Waals surface area contributed by atoms with Gasteiger partial charge in [0.05, 0.1) is 23.7 Å². The van der Waals surface area contributed by atoms with Gasteiger partial charge in [-0.15, -0.1) is 0 Å². The fraction of sp³-hybridized carbons (Fsp3) is 0.188. The number of carbonyl (C=O) groups is 1. The fourth-order valence-corrected chi connectivity index (χ4v) is 2.07. The number of urea groups is 1. The van der Waals surface area contributed by atoms with Crippen molar-refractivity contribution in [2.75, 3.05) is 25.6 Å². The third kappa shape index (κ3) is 5.54. The summed E-state index contributed by atoms with van der Waals surface area (Å²) in [4.78, 5) is 11.7. The van der Waals surface area contributed by atoms with Gasteiger partial charge in [0, 0.05) is 11.8 Å². The number of methoxy groups -OCH3 is 1. The molecule has 0 heterocycles. The fourth-order valence-electron chi connectivity index (χ4n) is 1.77. The number of carbonyl (C=O) groups excluding carboxylic acids is 1. The lowest BCUT2D eigenvalue weighted by molar-refractivity contribution is 0.247. The summed E-state index contributed by atoms with van der Waals surface area (Å²) in [5.41, 5.74) is 0.561. The largest absolute Gasteiger partial charge is 0.497 e. The molecule has 0 fully saturated rings. The van der Waals surface area contributed by atoms with Crippen molar-refractivity contribution in [3.05, 3.63) is 52.5 Å². The molecular formula is C16H16Cl2N2O3. The number of anilines is 1. The number of rotatable bonds is 6. The van der Waals surface area contributed by atoms with E-state index >= 15 is 0 Å². The van der Waals surface area contributed by atoms with Gasteiger partial charge in [0.15, 0.2) is 0 Å². The van der Waals surface area contributed by atoms with Gasteiger partial charge in [0.25, 0.3) is 0 Å². The molecule has 0 aliphatic rings. The zero-order valence-corrected chi connectivity index (χ0v) is 13.9. The predicted octanol–water partition coefficient (Wildman–Crippen LogP) is 4.20. The number of hydrogen-bond donors (Lipinski definition) is 2. The lowest BCUT2D eigenvalue weighted by Gasteiger charge is -2.10. The first kappa shape index (κ1) is 17.2. The molecule has 0 radical (unpaired) electrons. The summed E-state index contributed by atoms with van der Waals surface area (Å²) < 4.78 is 10.6. The van der Waals surface area contributed by atoms with E-state index in [4.69, 9.17) is 32.7 Å². The average Bonchev–Trinajstić information content (AvgIpc) is 2.55.